The van der Waals surface area contributed by atoms with Crippen molar-refractivity contribution in [3.8, 4) is 0 Å². The molecule has 114 valence electrons. The van der Waals surface area contributed by atoms with Gasteiger partial charge in [0.15, 0.2) is 0 Å². The lowest BCUT2D eigenvalue weighted by Gasteiger charge is -2.26. The average Bonchev–Trinajstić information content (AvgIpc) is 2.40. The fraction of sp³-hybridized carbons (Fsp3) is 0.538. The van der Waals surface area contributed by atoms with E-state index >= 15 is 0 Å². The van der Waals surface area contributed by atoms with Crippen LogP contribution in [0.2, 0.25) is 5.02 Å². The van der Waals surface area contributed by atoms with E-state index in [4.69, 9.17) is 17.3 Å². The van der Waals surface area contributed by atoms with E-state index in [0.29, 0.717) is 12.8 Å². The lowest BCUT2D eigenvalue weighted by Crippen LogP contribution is -2.49. The molecule has 0 bridgehead atoms. The van der Waals surface area contributed by atoms with Gasteiger partial charge in [0.05, 0.1) is 5.02 Å². The third-order valence-corrected chi connectivity index (χ3v) is 5.39. The number of benzene rings is 1. The van der Waals surface area contributed by atoms with Gasteiger partial charge in [0.1, 0.15) is 10.7 Å². The van der Waals surface area contributed by atoms with Crippen LogP contribution >= 0.6 is 11.6 Å². The maximum atomic E-state index is 13.3. The normalized spacial score (nSPS) is 12.7. The first-order chi connectivity index (χ1) is 9.15. The van der Waals surface area contributed by atoms with Crippen LogP contribution in [-0.4, -0.2) is 20.5 Å². The van der Waals surface area contributed by atoms with Gasteiger partial charge in [0.25, 0.3) is 0 Å². The van der Waals surface area contributed by atoms with Crippen LogP contribution in [-0.2, 0) is 10.0 Å². The van der Waals surface area contributed by atoms with Gasteiger partial charge in [-0.3, -0.25) is 0 Å². The van der Waals surface area contributed by atoms with Crippen LogP contribution in [0, 0.1) is 12.7 Å². The second kappa shape index (κ2) is 6.39. The summed E-state index contributed by atoms with van der Waals surface area (Å²) in [5.41, 5.74) is 5.67. The molecule has 0 aliphatic heterocycles. The van der Waals surface area contributed by atoms with Crippen LogP contribution in [0.5, 0.6) is 0 Å². The molecular weight excluding hydrogens is 303 g/mol. The Kier molecular flexibility index (Phi) is 5.54. The number of rotatable bonds is 6. The molecule has 3 N–H and O–H groups in total. The summed E-state index contributed by atoms with van der Waals surface area (Å²) in [6.45, 7) is 5.38. The van der Waals surface area contributed by atoms with Gasteiger partial charge in [-0.15, -0.1) is 0 Å². The van der Waals surface area contributed by atoms with Crippen LogP contribution in [0.3, 0.4) is 0 Å². The van der Waals surface area contributed by atoms with Gasteiger partial charge >= 0.3 is 0 Å². The van der Waals surface area contributed by atoms with Gasteiger partial charge in [0, 0.05) is 12.1 Å². The van der Waals surface area contributed by atoms with Crippen LogP contribution < -0.4 is 10.5 Å². The zero-order chi connectivity index (χ0) is 15.6. The van der Waals surface area contributed by atoms with E-state index in [1.165, 1.54) is 13.0 Å². The molecule has 1 aromatic rings. The van der Waals surface area contributed by atoms with Crippen molar-refractivity contribution in [2.75, 3.05) is 6.54 Å². The van der Waals surface area contributed by atoms with Crippen LogP contribution in [0.1, 0.15) is 32.3 Å². The van der Waals surface area contributed by atoms with Crippen molar-refractivity contribution in [3.63, 3.8) is 0 Å². The summed E-state index contributed by atoms with van der Waals surface area (Å²) in [4.78, 5) is -0.132. The minimum Gasteiger partial charge on any atom is -0.324 e. The molecular formula is C13H20ClFN2O2S. The lowest BCUT2D eigenvalue weighted by atomic mass is 9.95. The molecule has 0 unspecified atom stereocenters. The van der Waals surface area contributed by atoms with Gasteiger partial charge < -0.3 is 5.73 Å². The van der Waals surface area contributed by atoms with Gasteiger partial charge in [-0.25, -0.2) is 17.5 Å². The maximum absolute atomic E-state index is 13.3. The second-order valence-corrected chi connectivity index (χ2v) is 7.07. The highest BCUT2D eigenvalue weighted by Crippen LogP contribution is 2.25. The first-order valence-electron chi connectivity index (χ1n) is 6.39. The molecule has 1 rings (SSSR count). The monoisotopic (exact) mass is 322 g/mol. The quantitative estimate of drug-likeness (QED) is 0.845. The molecule has 0 amide bonds. The first-order valence-corrected chi connectivity index (χ1v) is 8.25. The van der Waals surface area contributed by atoms with Crippen molar-refractivity contribution in [3.05, 3.63) is 28.5 Å². The minimum absolute atomic E-state index is 0.106. The van der Waals surface area contributed by atoms with Crippen molar-refractivity contribution < 1.29 is 12.8 Å². The number of hydrogen-bond acceptors (Lipinski definition) is 3. The highest BCUT2D eigenvalue weighted by molar-refractivity contribution is 7.89. The van der Waals surface area contributed by atoms with Crippen molar-refractivity contribution in [1.82, 2.24) is 4.72 Å². The topological polar surface area (TPSA) is 72.2 Å². The molecule has 0 aromatic heterocycles. The van der Waals surface area contributed by atoms with Crippen molar-refractivity contribution in [2.24, 2.45) is 5.73 Å². The summed E-state index contributed by atoms with van der Waals surface area (Å²) in [5, 5.41) is -0.142. The SMILES string of the molecule is CCC(N)(CC)CNS(=O)(=O)c1cc(C)c(F)cc1Cl. The third-order valence-electron chi connectivity index (χ3n) is 3.53. The number of hydrogen-bond donors (Lipinski definition) is 2. The van der Waals surface area contributed by atoms with Crippen molar-refractivity contribution in [2.45, 2.75) is 44.0 Å². The molecule has 0 spiro atoms. The Morgan fingerprint density at radius 1 is 1.35 bits per heavy atom. The van der Waals surface area contributed by atoms with Crippen LogP contribution in [0.15, 0.2) is 17.0 Å². The molecule has 0 atom stereocenters. The Morgan fingerprint density at radius 2 is 1.90 bits per heavy atom. The van der Waals surface area contributed by atoms with Gasteiger partial charge in [-0.05, 0) is 37.5 Å². The summed E-state index contributed by atoms with van der Waals surface area (Å²) in [6.07, 6.45) is 1.28. The van der Waals surface area contributed by atoms with E-state index in [9.17, 15) is 12.8 Å². The molecule has 0 saturated carbocycles. The number of sulfonamides is 1. The molecule has 0 fully saturated rings. The van der Waals surface area contributed by atoms with Gasteiger partial charge in [-0.2, -0.15) is 0 Å². The molecule has 0 heterocycles. The number of nitrogens with one attached hydrogen (secondary N) is 1. The first kappa shape index (κ1) is 17.4. The van der Waals surface area contributed by atoms with E-state index in [0.717, 1.165) is 6.07 Å². The number of nitrogens with two attached hydrogens (primary N) is 1. The second-order valence-electron chi connectivity index (χ2n) is 4.93. The van der Waals surface area contributed by atoms with E-state index in [-0.39, 0.29) is 22.0 Å². The highest BCUT2D eigenvalue weighted by atomic mass is 35.5. The Hall–Kier alpha value is -0.690. The van der Waals surface area contributed by atoms with Gasteiger partial charge in [0.2, 0.25) is 10.0 Å². The average molecular weight is 323 g/mol. The third kappa shape index (κ3) is 3.91. The molecule has 0 aliphatic carbocycles. The predicted molar refractivity (Wildman–Crippen MR) is 78.8 cm³/mol. The number of aryl methyl sites for hydroxylation is 1. The Morgan fingerprint density at radius 3 is 2.40 bits per heavy atom. The van der Waals surface area contributed by atoms with E-state index in [1.54, 1.807) is 0 Å². The zero-order valence-corrected chi connectivity index (χ0v) is 13.4. The molecule has 1 aromatic carbocycles. The maximum Gasteiger partial charge on any atom is 0.242 e. The molecule has 0 saturated heterocycles. The zero-order valence-electron chi connectivity index (χ0n) is 11.8. The largest absolute Gasteiger partial charge is 0.324 e. The van der Waals surface area contributed by atoms with Crippen LogP contribution in [0.4, 0.5) is 4.39 Å². The Labute approximate surface area is 124 Å². The van der Waals surface area contributed by atoms with E-state index in [1.807, 2.05) is 13.8 Å². The Bertz CT molecular complexity index is 586. The standard InChI is InChI=1S/C13H20ClFN2O2S/c1-4-13(16,5-2)8-17-20(18,19)12-6-9(3)11(15)7-10(12)14/h6-7,17H,4-5,8,16H2,1-3H3. The molecule has 4 nitrogen and oxygen atoms in total. The predicted octanol–water partition coefficient (Wildman–Crippen LogP) is 2.58. The summed E-state index contributed by atoms with van der Waals surface area (Å²) >= 11 is 5.81. The summed E-state index contributed by atoms with van der Waals surface area (Å²) in [7, 11) is -3.81. The lowest BCUT2D eigenvalue weighted by molar-refractivity contribution is 0.391. The van der Waals surface area contributed by atoms with Gasteiger partial charge in [-0.1, -0.05) is 25.4 Å². The minimum atomic E-state index is -3.81. The molecule has 7 heteroatoms. The van der Waals surface area contributed by atoms with Crippen molar-refractivity contribution >= 4 is 21.6 Å². The van der Waals surface area contributed by atoms with E-state index in [2.05, 4.69) is 4.72 Å². The molecule has 0 aliphatic rings. The van der Waals surface area contributed by atoms with E-state index < -0.39 is 21.4 Å². The fourth-order valence-electron chi connectivity index (χ4n) is 1.65. The van der Waals surface area contributed by atoms with Crippen molar-refractivity contribution in [1.29, 1.82) is 0 Å². The summed E-state index contributed by atoms with van der Waals surface area (Å²) in [5.74, 6) is -0.538. The summed E-state index contributed by atoms with van der Waals surface area (Å²) in [6, 6.07) is 2.22. The van der Waals surface area contributed by atoms with Crippen LogP contribution in [0.25, 0.3) is 0 Å². The highest BCUT2D eigenvalue weighted by Gasteiger charge is 2.25. The smallest absolute Gasteiger partial charge is 0.242 e. The Balaban J connectivity index is 3.04. The molecule has 20 heavy (non-hydrogen) atoms. The number of halogens is 2. The fourth-order valence-corrected chi connectivity index (χ4v) is 3.39. The molecule has 0 radical (unpaired) electrons. The summed E-state index contributed by atoms with van der Waals surface area (Å²) < 4.78 is 40.2.